The molecule has 0 amide bonds. The van der Waals surface area contributed by atoms with Crippen LogP contribution < -0.4 is 5.32 Å². The molecule has 19 heavy (non-hydrogen) atoms. The zero-order valence-electron chi connectivity index (χ0n) is 10.8. The molecule has 0 aromatic heterocycles. The molecular weight excluding hydrogens is 260 g/mol. The molecule has 3 saturated heterocycles. The second kappa shape index (κ2) is 5.38. The summed E-state index contributed by atoms with van der Waals surface area (Å²) in [6.45, 7) is 6.69. The number of nitrogens with zero attached hydrogens (tertiary/aromatic N) is 3. The van der Waals surface area contributed by atoms with Crippen LogP contribution in [0.15, 0.2) is 18.2 Å². The predicted octanol–water partition coefficient (Wildman–Crippen LogP) is 1.62. The Morgan fingerprint density at radius 3 is 2.74 bits per heavy atom. The van der Waals surface area contributed by atoms with Crippen LogP contribution in [-0.4, -0.2) is 55.1 Å². The summed E-state index contributed by atoms with van der Waals surface area (Å²) in [7, 11) is 0. The van der Waals surface area contributed by atoms with Gasteiger partial charge >= 0.3 is 0 Å². The fraction of sp³-hybridized carbons (Fsp3) is 0.500. The second-order valence-electron chi connectivity index (χ2n) is 5.17. The van der Waals surface area contributed by atoms with Gasteiger partial charge in [0.25, 0.3) is 0 Å². The van der Waals surface area contributed by atoms with Crippen molar-refractivity contribution in [2.45, 2.75) is 6.04 Å². The van der Waals surface area contributed by atoms with Gasteiger partial charge in [-0.15, -0.1) is 0 Å². The smallest absolute Gasteiger partial charge is 0.101 e. The topological polar surface area (TPSA) is 42.3 Å². The van der Waals surface area contributed by atoms with Gasteiger partial charge in [-0.1, -0.05) is 11.6 Å². The second-order valence-corrected chi connectivity index (χ2v) is 5.61. The van der Waals surface area contributed by atoms with E-state index in [1.165, 1.54) is 13.1 Å². The molecule has 4 rings (SSSR count). The van der Waals surface area contributed by atoms with Crippen molar-refractivity contribution in [3.05, 3.63) is 28.8 Å². The van der Waals surface area contributed by atoms with E-state index in [9.17, 15) is 0 Å². The first kappa shape index (κ1) is 12.7. The van der Waals surface area contributed by atoms with Crippen molar-refractivity contribution in [2.75, 3.05) is 44.6 Å². The predicted molar refractivity (Wildman–Crippen MR) is 76.5 cm³/mol. The van der Waals surface area contributed by atoms with Crippen molar-refractivity contribution in [3.8, 4) is 6.07 Å². The first-order chi connectivity index (χ1) is 9.26. The van der Waals surface area contributed by atoms with E-state index in [2.05, 4.69) is 21.2 Å². The molecule has 0 spiro atoms. The van der Waals surface area contributed by atoms with E-state index in [-0.39, 0.29) is 0 Å². The lowest BCUT2D eigenvalue weighted by molar-refractivity contribution is 0.0189. The molecule has 0 aliphatic carbocycles. The van der Waals surface area contributed by atoms with Gasteiger partial charge < -0.3 is 5.32 Å². The Balaban J connectivity index is 1.66. The SMILES string of the molecule is N#Cc1ccc(Cl)cc1NCC1CN2CCN1CC2. The summed E-state index contributed by atoms with van der Waals surface area (Å²) in [6, 6.07) is 8.08. The lowest BCUT2D eigenvalue weighted by Gasteiger charge is -2.47. The molecule has 1 N–H and O–H groups in total. The number of piperazine rings is 3. The third-order valence-electron chi connectivity index (χ3n) is 4.02. The summed E-state index contributed by atoms with van der Waals surface area (Å²) in [5.41, 5.74) is 1.49. The van der Waals surface area contributed by atoms with Gasteiger partial charge in [0.15, 0.2) is 0 Å². The van der Waals surface area contributed by atoms with Crippen LogP contribution in [0.3, 0.4) is 0 Å². The minimum absolute atomic E-state index is 0.535. The highest BCUT2D eigenvalue weighted by Crippen LogP contribution is 2.22. The van der Waals surface area contributed by atoms with Crippen molar-refractivity contribution in [3.63, 3.8) is 0 Å². The van der Waals surface area contributed by atoms with Crippen molar-refractivity contribution in [1.82, 2.24) is 9.80 Å². The van der Waals surface area contributed by atoms with Gasteiger partial charge in [-0.3, -0.25) is 9.80 Å². The number of anilines is 1. The van der Waals surface area contributed by atoms with Gasteiger partial charge in [0, 0.05) is 50.3 Å². The van der Waals surface area contributed by atoms with Crippen LogP contribution in [0.25, 0.3) is 0 Å². The number of hydrogen-bond acceptors (Lipinski definition) is 4. The first-order valence-electron chi connectivity index (χ1n) is 6.66. The number of benzene rings is 1. The van der Waals surface area contributed by atoms with Gasteiger partial charge in [-0.25, -0.2) is 0 Å². The van der Waals surface area contributed by atoms with Crippen LogP contribution in [0.5, 0.6) is 0 Å². The van der Waals surface area contributed by atoms with Crippen molar-refractivity contribution < 1.29 is 0 Å². The largest absolute Gasteiger partial charge is 0.382 e. The Morgan fingerprint density at radius 2 is 2.11 bits per heavy atom. The molecule has 3 fully saturated rings. The normalized spacial score (nSPS) is 28.9. The summed E-state index contributed by atoms with van der Waals surface area (Å²) in [5, 5.41) is 13.1. The number of halogens is 1. The monoisotopic (exact) mass is 276 g/mol. The fourth-order valence-corrected chi connectivity index (χ4v) is 3.08. The molecular formula is C14H17ClN4. The van der Waals surface area contributed by atoms with Crippen LogP contribution in [-0.2, 0) is 0 Å². The molecule has 1 aromatic carbocycles. The van der Waals surface area contributed by atoms with Gasteiger partial charge in [-0.2, -0.15) is 5.26 Å². The molecule has 0 radical (unpaired) electrons. The Hall–Kier alpha value is -1.28. The maximum absolute atomic E-state index is 9.10. The highest BCUT2D eigenvalue weighted by atomic mass is 35.5. The zero-order valence-corrected chi connectivity index (χ0v) is 11.5. The molecule has 3 heterocycles. The molecule has 5 heteroatoms. The van der Waals surface area contributed by atoms with E-state index in [1.54, 1.807) is 12.1 Å². The number of rotatable bonds is 3. The Kier molecular flexibility index (Phi) is 3.61. The van der Waals surface area contributed by atoms with Gasteiger partial charge in [0.05, 0.1) is 11.3 Å². The van der Waals surface area contributed by atoms with E-state index >= 15 is 0 Å². The van der Waals surface area contributed by atoms with E-state index in [4.69, 9.17) is 16.9 Å². The summed E-state index contributed by atoms with van der Waals surface area (Å²) in [5.74, 6) is 0. The van der Waals surface area contributed by atoms with Crippen molar-refractivity contribution in [1.29, 1.82) is 5.26 Å². The highest BCUT2D eigenvalue weighted by Gasteiger charge is 2.31. The minimum atomic E-state index is 0.535. The standard InChI is InChI=1S/C14H17ClN4/c15-12-2-1-11(8-16)14(7-12)17-9-13-10-18-3-5-19(13)6-4-18/h1-2,7,13,17H,3-6,9-10H2. The maximum atomic E-state index is 9.10. The summed E-state index contributed by atoms with van der Waals surface area (Å²) in [4.78, 5) is 5.04. The Labute approximate surface area is 118 Å². The van der Waals surface area contributed by atoms with Gasteiger partial charge in [-0.05, 0) is 18.2 Å². The number of nitrogens with one attached hydrogen (secondary N) is 1. The third kappa shape index (κ3) is 2.69. The van der Waals surface area contributed by atoms with Crippen LogP contribution in [0.2, 0.25) is 5.02 Å². The van der Waals surface area contributed by atoms with Crippen molar-refractivity contribution >= 4 is 17.3 Å². The molecule has 1 unspecified atom stereocenters. The van der Waals surface area contributed by atoms with Gasteiger partial charge in [0.2, 0.25) is 0 Å². The van der Waals surface area contributed by atoms with E-state index < -0.39 is 0 Å². The summed E-state index contributed by atoms with van der Waals surface area (Å²) in [6.07, 6.45) is 0. The Morgan fingerprint density at radius 1 is 1.32 bits per heavy atom. The van der Waals surface area contributed by atoms with Crippen LogP contribution >= 0.6 is 11.6 Å². The number of nitriles is 1. The van der Waals surface area contributed by atoms with Crippen molar-refractivity contribution in [2.24, 2.45) is 0 Å². The quantitative estimate of drug-likeness (QED) is 0.911. The average molecular weight is 277 g/mol. The van der Waals surface area contributed by atoms with E-state index in [0.717, 1.165) is 31.9 Å². The third-order valence-corrected chi connectivity index (χ3v) is 4.26. The molecule has 3 aliphatic heterocycles. The summed E-state index contributed by atoms with van der Waals surface area (Å²) >= 11 is 5.99. The lowest BCUT2D eigenvalue weighted by Crippen LogP contribution is -2.62. The highest BCUT2D eigenvalue weighted by molar-refractivity contribution is 6.30. The lowest BCUT2D eigenvalue weighted by atomic mass is 10.1. The molecule has 1 atom stereocenters. The number of hydrogen-bond donors (Lipinski definition) is 1. The molecule has 1 aromatic rings. The minimum Gasteiger partial charge on any atom is -0.382 e. The zero-order chi connectivity index (χ0) is 13.2. The van der Waals surface area contributed by atoms with Crippen LogP contribution in [0.4, 0.5) is 5.69 Å². The molecule has 0 saturated carbocycles. The average Bonchev–Trinajstić information content (AvgIpc) is 2.46. The van der Waals surface area contributed by atoms with E-state index in [0.29, 0.717) is 16.6 Å². The molecule has 100 valence electrons. The first-order valence-corrected chi connectivity index (χ1v) is 7.04. The molecule has 4 nitrogen and oxygen atoms in total. The van der Waals surface area contributed by atoms with Crippen LogP contribution in [0, 0.1) is 11.3 Å². The van der Waals surface area contributed by atoms with Gasteiger partial charge in [0.1, 0.15) is 6.07 Å². The van der Waals surface area contributed by atoms with E-state index in [1.807, 2.05) is 6.07 Å². The maximum Gasteiger partial charge on any atom is 0.101 e. The Bertz CT molecular complexity index is 503. The van der Waals surface area contributed by atoms with Crippen LogP contribution in [0.1, 0.15) is 5.56 Å². The fourth-order valence-electron chi connectivity index (χ4n) is 2.91. The summed E-state index contributed by atoms with van der Waals surface area (Å²) < 4.78 is 0. The number of fused-ring (bicyclic) bond motifs is 3. The molecule has 2 bridgehead atoms. The molecule has 3 aliphatic rings.